The van der Waals surface area contributed by atoms with Crippen LogP contribution in [0.4, 0.5) is 5.69 Å². The van der Waals surface area contributed by atoms with Crippen molar-refractivity contribution in [1.29, 1.82) is 0 Å². The summed E-state index contributed by atoms with van der Waals surface area (Å²) in [7, 11) is 3.47. The molecular weight excluding hydrogens is 230 g/mol. The number of hydrogen-bond acceptors (Lipinski definition) is 4. The van der Waals surface area contributed by atoms with E-state index in [4.69, 9.17) is 10.5 Å². The van der Waals surface area contributed by atoms with Crippen molar-refractivity contribution < 1.29 is 9.53 Å². The van der Waals surface area contributed by atoms with Crippen molar-refractivity contribution in [2.75, 3.05) is 39.2 Å². The number of ether oxygens (including phenoxy) is 1. The summed E-state index contributed by atoms with van der Waals surface area (Å²) in [6.07, 6.45) is 0. The highest BCUT2D eigenvalue weighted by Crippen LogP contribution is 2.04. The van der Waals surface area contributed by atoms with Crippen LogP contribution in [-0.4, -0.2) is 50.7 Å². The smallest absolute Gasteiger partial charge is 0.238 e. The maximum Gasteiger partial charge on any atom is 0.238 e. The second kappa shape index (κ2) is 7.81. The highest BCUT2D eigenvalue weighted by atomic mass is 16.5. The molecule has 5 nitrogen and oxygen atoms in total. The lowest BCUT2D eigenvalue weighted by atomic mass is 10.3. The molecule has 0 bridgehead atoms. The number of hydrogen-bond donors (Lipinski definition) is 2. The monoisotopic (exact) mass is 251 g/mol. The number of rotatable bonds is 7. The number of nitrogens with one attached hydrogen (secondary N) is 1. The van der Waals surface area contributed by atoms with Gasteiger partial charge >= 0.3 is 0 Å². The molecular formula is C13H21N3O2. The van der Waals surface area contributed by atoms with Gasteiger partial charge in [-0.25, -0.2) is 0 Å². The normalized spacial score (nSPS) is 12.4. The quantitative estimate of drug-likeness (QED) is 0.742. The van der Waals surface area contributed by atoms with E-state index in [0.29, 0.717) is 19.7 Å². The maximum absolute atomic E-state index is 11.7. The summed E-state index contributed by atoms with van der Waals surface area (Å²) >= 11 is 0. The summed E-state index contributed by atoms with van der Waals surface area (Å²) < 4.78 is 4.95. The van der Waals surface area contributed by atoms with Gasteiger partial charge in [0.05, 0.1) is 13.2 Å². The standard InChI is InChI=1S/C13H21N3O2/c1-16(8-11(14)10-18-2)9-13(17)15-12-6-4-3-5-7-12/h3-7,11H,8-10,14H2,1-2H3,(H,15,17). The molecule has 0 radical (unpaired) electrons. The van der Waals surface area contributed by atoms with E-state index in [9.17, 15) is 4.79 Å². The molecule has 1 rings (SSSR count). The summed E-state index contributed by atoms with van der Waals surface area (Å²) in [5.74, 6) is -0.0479. The van der Waals surface area contributed by atoms with Gasteiger partial charge in [0.2, 0.25) is 5.91 Å². The molecule has 0 saturated carbocycles. The lowest BCUT2D eigenvalue weighted by molar-refractivity contribution is -0.117. The van der Waals surface area contributed by atoms with Gasteiger partial charge in [-0.15, -0.1) is 0 Å². The number of likely N-dealkylation sites (N-methyl/N-ethyl adjacent to an activating group) is 1. The Balaban J connectivity index is 2.31. The first-order valence-electron chi connectivity index (χ1n) is 5.89. The maximum atomic E-state index is 11.7. The molecule has 1 unspecified atom stereocenters. The molecule has 0 saturated heterocycles. The Hall–Kier alpha value is -1.43. The van der Waals surface area contributed by atoms with E-state index in [2.05, 4.69) is 5.32 Å². The average Bonchev–Trinajstić information content (AvgIpc) is 2.29. The second-order valence-corrected chi connectivity index (χ2v) is 4.33. The Morgan fingerprint density at radius 3 is 2.72 bits per heavy atom. The van der Waals surface area contributed by atoms with Crippen LogP contribution in [0.5, 0.6) is 0 Å². The van der Waals surface area contributed by atoms with E-state index in [-0.39, 0.29) is 11.9 Å². The van der Waals surface area contributed by atoms with Crippen LogP contribution in [-0.2, 0) is 9.53 Å². The lowest BCUT2D eigenvalue weighted by Crippen LogP contribution is -2.41. The number of amides is 1. The van der Waals surface area contributed by atoms with Crippen LogP contribution in [0, 0.1) is 0 Å². The van der Waals surface area contributed by atoms with Crippen molar-refractivity contribution in [3.8, 4) is 0 Å². The molecule has 1 atom stereocenters. The van der Waals surface area contributed by atoms with Crippen LogP contribution in [0.1, 0.15) is 0 Å². The molecule has 1 aromatic carbocycles. The third kappa shape index (κ3) is 5.77. The molecule has 1 aromatic rings. The zero-order chi connectivity index (χ0) is 13.4. The van der Waals surface area contributed by atoms with Crippen LogP contribution in [0.15, 0.2) is 30.3 Å². The minimum Gasteiger partial charge on any atom is -0.383 e. The Bertz CT molecular complexity index is 357. The number of para-hydroxylation sites is 1. The lowest BCUT2D eigenvalue weighted by Gasteiger charge is -2.20. The van der Waals surface area contributed by atoms with Gasteiger partial charge in [0.1, 0.15) is 0 Å². The zero-order valence-electron chi connectivity index (χ0n) is 10.9. The zero-order valence-corrected chi connectivity index (χ0v) is 10.9. The second-order valence-electron chi connectivity index (χ2n) is 4.33. The van der Waals surface area contributed by atoms with Gasteiger partial charge in [0.15, 0.2) is 0 Å². The van der Waals surface area contributed by atoms with E-state index in [1.807, 2.05) is 42.3 Å². The predicted molar refractivity (Wildman–Crippen MR) is 72.4 cm³/mol. The summed E-state index contributed by atoms with van der Waals surface area (Å²) in [6.45, 7) is 1.42. The van der Waals surface area contributed by atoms with Gasteiger partial charge in [-0.2, -0.15) is 0 Å². The first kappa shape index (κ1) is 14.6. The fourth-order valence-electron chi connectivity index (χ4n) is 1.70. The summed E-state index contributed by atoms with van der Waals surface area (Å²) in [4.78, 5) is 13.6. The summed E-state index contributed by atoms with van der Waals surface area (Å²) in [6, 6.07) is 9.31. The van der Waals surface area contributed by atoms with Gasteiger partial charge in [0, 0.05) is 25.4 Å². The highest BCUT2D eigenvalue weighted by molar-refractivity contribution is 5.92. The average molecular weight is 251 g/mol. The molecule has 1 amide bonds. The van der Waals surface area contributed by atoms with Gasteiger partial charge in [0.25, 0.3) is 0 Å². The molecule has 18 heavy (non-hydrogen) atoms. The molecule has 0 aliphatic rings. The molecule has 0 spiro atoms. The Kier molecular flexibility index (Phi) is 6.35. The van der Waals surface area contributed by atoms with Crippen LogP contribution in [0.25, 0.3) is 0 Å². The van der Waals surface area contributed by atoms with E-state index in [1.54, 1.807) is 7.11 Å². The topological polar surface area (TPSA) is 67.6 Å². The molecule has 0 aliphatic heterocycles. The van der Waals surface area contributed by atoms with Crippen LogP contribution in [0.3, 0.4) is 0 Å². The van der Waals surface area contributed by atoms with Crippen molar-refractivity contribution >= 4 is 11.6 Å². The van der Waals surface area contributed by atoms with Gasteiger partial charge in [-0.3, -0.25) is 9.69 Å². The van der Waals surface area contributed by atoms with E-state index in [0.717, 1.165) is 5.69 Å². The number of nitrogens with zero attached hydrogens (tertiary/aromatic N) is 1. The Labute approximate surface area is 108 Å². The Morgan fingerprint density at radius 1 is 1.44 bits per heavy atom. The largest absolute Gasteiger partial charge is 0.383 e. The van der Waals surface area contributed by atoms with Crippen molar-refractivity contribution in [1.82, 2.24) is 4.90 Å². The molecule has 3 N–H and O–H groups in total. The van der Waals surface area contributed by atoms with Crippen molar-refractivity contribution in [2.45, 2.75) is 6.04 Å². The highest BCUT2D eigenvalue weighted by Gasteiger charge is 2.10. The number of methoxy groups -OCH3 is 1. The third-order valence-electron chi connectivity index (χ3n) is 2.40. The first-order valence-corrected chi connectivity index (χ1v) is 5.89. The molecule has 0 aliphatic carbocycles. The van der Waals surface area contributed by atoms with Crippen molar-refractivity contribution in [2.24, 2.45) is 5.73 Å². The molecule has 100 valence electrons. The number of benzene rings is 1. The number of carbonyl (C=O) groups excluding carboxylic acids is 1. The van der Waals surface area contributed by atoms with Crippen molar-refractivity contribution in [3.05, 3.63) is 30.3 Å². The van der Waals surface area contributed by atoms with Crippen molar-refractivity contribution in [3.63, 3.8) is 0 Å². The van der Waals surface area contributed by atoms with Crippen LogP contribution < -0.4 is 11.1 Å². The molecule has 0 aromatic heterocycles. The number of anilines is 1. The minimum atomic E-state index is -0.0791. The number of carbonyl (C=O) groups is 1. The van der Waals surface area contributed by atoms with E-state index < -0.39 is 0 Å². The predicted octanol–water partition coefficient (Wildman–Crippen LogP) is 0.531. The van der Waals surface area contributed by atoms with E-state index in [1.165, 1.54) is 0 Å². The molecule has 0 heterocycles. The van der Waals surface area contributed by atoms with Crippen LogP contribution >= 0.6 is 0 Å². The third-order valence-corrected chi connectivity index (χ3v) is 2.40. The Morgan fingerprint density at radius 2 is 2.11 bits per heavy atom. The van der Waals surface area contributed by atoms with Gasteiger partial charge in [-0.05, 0) is 19.2 Å². The van der Waals surface area contributed by atoms with Gasteiger partial charge in [-0.1, -0.05) is 18.2 Å². The minimum absolute atomic E-state index is 0.0479. The molecule has 5 heteroatoms. The molecule has 0 fully saturated rings. The summed E-state index contributed by atoms with van der Waals surface area (Å²) in [5.41, 5.74) is 6.62. The fraction of sp³-hybridized carbons (Fsp3) is 0.462. The van der Waals surface area contributed by atoms with Gasteiger partial charge < -0.3 is 15.8 Å². The van der Waals surface area contributed by atoms with E-state index >= 15 is 0 Å². The number of nitrogens with two attached hydrogens (primary N) is 1. The first-order chi connectivity index (χ1) is 8.61. The summed E-state index contributed by atoms with van der Waals surface area (Å²) in [5, 5.41) is 2.83. The SMILES string of the molecule is COCC(N)CN(C)CC(=O)Nc1ccccc1. The van der Waals surface area contributed by atoms with Crippen LogP contribution in [0.2, 0.25) is 0 Å². The fourth-order valence-corrected chi connectivity index (χ4v) is 1.70.